The summed E-state index contributed by atoms with van der Waals surface area (Å²) in [5, 5.41) is 0. The monoisotopic (exact) mass is 465 g/mol. The molecule has 0 aromatic heterocycles. The van der Waals surface area contributed by atoms with Crippen molar-refractivity contribution in [2.45, 2.75) is 70.1 Å². The third kappa shape index (κ3) is 5.20. The third-order valence-electron chi connectivity index (χ3n) is 7.64. The number of hydrogen-bond donors (Lipinski definition) is 0. The largest absolute Gasteiger partial charge is 0.417 e. The summed E-state index contributed by atoms with van der Waals surface area (Å²) in [6.07, 6.45) is 3.00. The highest BCUT2D eigenvalue weighted by molar-refractivity contribution is 5.96. The van der Waals surface area contributed by atoms with Gasteiger partial charge in [0.25, 0.3) is 5.91 Å². The molecule has 0 bridgehead atoms. The van der Waals surface area contributed by atoms with Gasteiger partial charge in [0.05, 0.1) is 17.2 Å². The van der Waals surface area contributed by atoms with Gasteiger partial charge in [0.2, 0.25) is 5.91 Å². The maximum atomic E-state index is 13.7. The predicted octanol–water partition coefficient (Wildman–Crippen LogP) is 4.42. The molecule has 0 N–H and O–H groups in total. The lowest BCUT2D eigenvalue weighted by molar-refractivity contribution is -0.143. The molecule has 0 spiro atoms. The molecule has 2 atom stereocenters. The minimum atomic E-state index is -4.57. The van der Waals surface area contributed by atoms with Crippen LogP contribution < -0.4 is 0 Å². The van der Waals surface area contributed by atoms with E-state index in [-0.39, 0.29) is 23.6 Å². The van der Waals surface area contributed by atoms with Crippen LogP contribution in [-0.4, -0.2) is 71.3 Å². The summed E-state index contributed by atoms with van der Waals surface area (Å²) in [6.45, 7) is 4.60. The average Bonchev–Trinajstić information content (AvgIpc) is 3.33. The van der Waals surface area contributed by atoms with Gasteiger partial charge in [-0.1, -0.05) is 25.0 Å². The number of carbonyl (C=O) groups is 2. The zero-order valence-electron chi connectivity index (χ0n) is 19.3. The topological polar surface area (TPSA) is 43.9 Å². The van der Waals surface area contributed by atoms with Crippen LogP contribution in [0.4, 0.5) is 13.2 Å². The predicted molar refractivity (Wildman–Crippen MR) is 120 cm³/mol. The van der Waals surface area contributed by atoms with Crippen molar-refractivity contribution in [3.05, 3.63) is 35.4 Å². The highest BCUT2D eigenvalue weighted by Crippen LogP contribution is 2.34. The Kier molecular flexibility index (Phi) is 7.31. The van der Waals surface area contributed by atoms with Crippen LogP contribution in [0.2, 0.25) is 0 Å². The van der Waals surface area contributed by atoms with E-state index in [1.165, 1.54) is 23.1 Å². The molecule has 3 aliphatic rings. The van der Waals surface area contributed by atoms with Crippen molar-refractivity contribution in [2.75, 3.05) is 32.7 Å². The van der Waals surface area contributed by atoms with Crippen LogP contribution >= 0.6 is 0 Å². The van der Waals surface area contributed by atoms with E-state index in [1.54, 1.807) is 0 Å². The fraction of sp³-hybridized carbons (Fsp3) is 0.680. The van der Waals surface area contributed by atoms with Crippen LogP contribution in [0.25, 0.3) is 0 Å². The zero-order chi connectivity index (χ0) is 23.6. The molecule has 182 valence electrons. The summed E-state index contributed by atoms with van der Waals surface area (Å²) < 4.78 is 40.2. The smallest absolute Gasteiger partial charge is 0.339 e. The molecule has 2 amide bonds. The third-order valence-corrected chi connectivity index (χ3v) is 7.64. The van der Waals surface area contributed by atoms with Gasteiger partial charge in [0.1, 0.15) is 0 Å². The van der Waals surface area contributed by atoms with Crippen LogP contribution in [0.3, 0.4) is 0 Å². The van der Waals surface area contributed by atoms with Crippen molar-refractivity contribution in [3.63, 3.8) is 0 Å². The lowest BCUT2D eigenvalue weighted by atomic mass is 9.92. The van der Waals surface area contributed by atoms with E-state index < -0.39 is 17.6 Å². The van der Waals surface area contributed by atoms with E-state index in [9.17, 15) is 22.8 Å². The first-order valence-electron chi connectivity index (χ1n) is 12.3. The van der Waals surface area contributed by atoms with Crippen molar-refractivity contribution in [2.24, 2.45) is 5.92 Å². The molecule has 1 saturated carbocycles. The van der Waals surface area contributed by atoms with Crippen LogP contribution in [0.15, 0.2) is 24.3 Å². The molecule has 4 rings (SSSR count). The molecular weight excluding hydrogens is 431 g/mol. The Morgan fingerprint density at radius 3 is 2.18 bits per heavy atom. The number of hydrogen-bond acceptors (Lipinski definition) is 3. The minimum Gasteiger partial charge on any atom is -0.339 e. The molecule has 8 heteroatoms. The highest BCUT2D eigenvalue weighted by Gasteiger charge is 2.41. The Morgan fingerprint density at radius 2 is 1.55 bits per heavy atom. The quantitative estimate of drug-likeness (QED) is 0.661. The molecule has 1 aromatic carbocycles. The Balaban J connectivity index is 1.47. The van der Waals surface area contributed by atoms with Crippen LogP contribution in [-0.2, 0) is 11.0 Å². The lowest BCUT2D eigenvalue weighted by Gasteiger charge is -2.44. The summed E-state index contributed by atoms with van der Waals surface area (Å²) in [5.74, 6) is -0.0629. The van der Waals surface area contributed by atoms with Gasteiger partial charge in [-0.3, -0.25) is 14.5 Å². The lowest BCUT2D eigenvalue weighted by Crippen LogP contribution is -2.60. The van der Waals surface area contributed by atoms with Crippen molar-refractivity contribution < 1.29 is 22.8 Å². The van der Waals surface area contributed by atoms with E-state index in [2.05, 4.69) is 11.8 Å². The molecule has 33 heavy (non-hydrogen) atoms. The second-order valence-corrected chi connectivity index (χ2v) is 9.74. The second kappa shape index (κ2) is 10.0. The van der Waals surface area contributed by atoms with Crippen molar-refractivity contribution >= 4 is 11.8 Å². The molecule has 5 nitrogen and oxygen atoms in total. The Labute approximate surface area is 193 Å². The van der Waals surface area contributed by atoms with Crippen LogP contribution in [0.1, 0.15) is 67.8 Å². The van der Waals surface area contributed by atoms with Gasteiger partial charge in [0.15, 0.2) is 0 Å². The van der Waals surface area contributed by atoms with Gasteiger partial charge in [-0.05, 0) is 57.1 Å². The van der Waals surface area contributed by atoms with Gasteiger partial charge in [0, 0.05) is 38.8 Å². The summed E-state index contributed by atoms with van der Waals surface area (Å²) in [7, 11) is 0. The zero-order valence-corrected chi connectivity index (χ0v) is 19.3. The molecule has 0 radical (unpaired) electrons. The summed E-state index contributed by atoms with van der Waals surface area (Å²) >= 11 is 0. The van der Waals surface area contributed by atoms with Gasteiger partial charge in [-0.2, -0.15) is 13.2 Å². The molecule has 2 heterocycles. The van der Waals surface area contributed by atoms with Crippen LogP contribution in [0, 0.1) is 5.92 Å². The van der Waals surface area contributed by atoms with Crippen molar-refractivity contribution in [1.29, 1.82) is 0 Å². The number of piperazine rings is 1. The van der Waals surface area contributed by atoms with E-state index >= 15 is 0 Å². The molecule has 0 unspecified atom stereocenters. The van der Waals surface area contributed by atoms with E-state index in [0.717, 1.165) is 57.6 Å². The molecular formula is C25H34F3N3O2. The number of nitrogens with zero attached hydrogens (tertiary/aromatic N) is 3. The van der Waals surface area contributed by atoms with E-state index in [1.807, 2.05) is 4.90 Å². The maximum Gasteiger partial charge on any atom is 0.417 e. The molecule has 2 aliphatic heterocycles. The second-order valence-electron chi connectivity index (χ2n) is 9.74. The number of rotatable bonds is 4. The Morgan fingerprint density at radius 1 is 0.909 bits per heavy atom. The molecule has 2 saturated heterocycles. The first kappa shape index (κ1) is 24.0. The first-order valence-corrected chi connectivity index (χ1v) is 12.3. The number of benzene rings is 1. The fourth-order valence-electron chi connectivity index (χ4n) is 5.81. The van der Waals surface area contributed by atoms with E-state index in [4.69, 9.17) is 0 Å². The summed E-state index contributed by atoms with van der Waals surface area (Å²) in [5.41, 5.74) is -1.19. The molecule has 1 aromatic rings. The fourth-order valence-corrected chi connectivity index (χ4v) is 5.81. The van der Waals surface area contributed by atoms with Gasteiger partial charge in [-0.15, -0.1) is 0 Å². The number of piperidine rings is 1. The normalized spacial score (nSPS) is 24.2. The number of likely N-dealkylation sites (tertiary alicyclic amines) is 1. The molecule has 1 aliphatic carbocycles. The Bertz CT molecular complexity index is 846. The standard InChI is InChI=1S/C25H34F3N3O2/c1-18-8-6-7-13-31(18)24(33)22(19-9-2-3-10-19)29-14-16-30(17-15-29)23(32)20-11-4-5-12-21(20)25(26,27)28/h4-5,11-12,18-19,22H,2-3,6-10,13-17H2,1H3/t18-,22-/m0/s1. The SMILES string of the molecule is C[C@H]1CCCCN1C(=O)[C@H](C1CCCC1)N1CCN(C(=O)c2ccccc2C(F)(F)F)CC1. The van der Waals surface area contributed by atoms with Crippen molar-refractivity contribution in [3.8, 4) is 0 Å². The summed E-state index contributed by atoms with van der Waals surface area (Å²) in [6, 6.07) is 5.03. The van der Waals surface area contributed by atoms with Gasteiger partial charge in [-0.25, -0.2) is 0 Å². The minimum absolute atomic E-state index is 0.187. The van der Waals surface area contributed by atoms with Gasteiger partial charge < -0.3 is 9.80 Å². The maximum absolute atomic E-state index is 13.7. The summed E-state index contributed by atoms with van der Waals surface area (Å²) in [4.78, 5) is 32.4. The van der Waals surface area contributed by atoms with Crippen molar-refractivity contribution in [1.82, 2.24) is 14.7 Å². The number of amides is 2. The Hall–Kier alpha value is -2.09. The number of halogens is 3. The highest BCUT2D eigenvalue weighted by atomic mass is 19.4. The molecule has 3 fully saturated rings. The van der Waals surface area contributed by atoms with Gasteiger partial charge >= 0.3 is 6.18 Å². The number of alkyl halides is 3. The first-order chi connectivity index (χ1) is 15.8. The van der Waals surface area contributed by atoms with E-state index in [0.29, 0.717) is 32.1 Å². The number of carbonyl (C=O) groups excluding carboxylic acids is 2. The van der Waals surface area contributed by atoms with Crippen LogP contribution in [0.5, 0.6) is 0 Å². The average molecular weight is 466 g/mol.